The Hall–Kier alpha value is -0.280. The summed E-state index contributed by atoms with van der Waals surface area (Å²) in [4.78, 5) is 14.7. The highest BCUT2D eigenvalue weighted by Crippen LogP contribution is 2.09. The Bertz CT molecular complexity index is 163. The number of halogens is 1. The van der Waals surface area contributed by atoms with Crippen LogP contribution in [0.4, 0.5) is 4.79 Å². The molecular formula is C7H13ClN2O. The van der Waals surface area contributed by atoms with Crippen LogP contribution in [0.15, 0.2) is 0 Å². The second kappa shape index (κ2) is 3.41. The summed E-state index contributed by atoms with van der Waals surface area (Å²) in [6.07, 6.45) is 0. The predicted octanol–water partition coefficient (Wildman–Crippen LogP) is 0.981. The minimum absolute atomic E-state index is 0.249. The van der Waals surface area contributed by atoms with Crippen molar-refractivity contribution in [3.05, 3.63) is 0 Å². The third-order valence-corrected chi connectivity index (χ3v) is 2.27. The fourth-order valence-electron chi connectivity index (χ4n) is 1.40. The monoisotopic (exact) mass is 176 g/mol. The lowest BCUT2D eigenvalue weighted by molar-refractivity contribution is 0.131. The molecule has 1 rings (SSSR count). The summed E-state index contributed by atoms with van der Waals surface area (Å²) in [5, 5.41) is -0.328. The van der Waals surface area contributed by atoms with Gasteiger partial charge in [-0.05, 0) is 25.6 Å². The minimum atomic E-state index is -0.328. The molecule has 0 radical (unpaired) electrons. The molecule has 0 unspecified atom stereocenters. The van der Waals surface area contributed by atoms with Gasteiger partial charge in [0.1, 0.15) is 0 Å². The standard InChI is InChI=1S/C7H13ClN2O/c1-6-5-9(2)3-4-10(6)7(8)11/h6H,3-5H2,1-2H3/t6-/m0/s1. The number of likely N-dealkylation sites (N-methyl/N-ethyl adjacent to an activating group) is 1. The maximum atomic E-state index is 10.8. The van der Waals surface area contributed by atoms with Crippen LogP contribution in [0, 0.1) is 0 Å². The van der Waals surface area contributed by atoms with E-state index < -0.39 is 0 Å². The van der Waals surface area contributed by atoms with Crippen molar-refractivity contribution in [2.45, 2.75) is 13.0 Å². The number of nitrogens with zero attached hydrogens (tertiary/aromatic N) is 2. The molecule has 1 heterocycles. The van der Waals surface area contributed by atoms with E-state index in [0.29, 0.717) is 0 Å². The second-order valence-electron chi connectivity index (χ2n) is 3.06. The lowest BCUT2D eigenvalue weighted by Gasteiger charge is -2.36. The van der Waals surface area contributed by atoms with Crippen LogP contribution >= 0.6 is 11.6 Å². The molecule has 1 aliphatic heterocycles. The van der Waals surface area contributed by atoms with Crippen LogP contribution in [-0.2, 0) is 0 Å². The van der Waals surface area contributed by atoms with Gasteiger partial charge < -0.3 is 9.80 Å². The van der Waals surface area contributed by atoms with Crippen molar-refractivity contribution in [3.63, 3.8) is 0 Å². The molecule has 0 N–H and O–H groups in total. The van der Waals surface area contributed by atoms with Gasteiger partial charge in [0, 0.05) is 25.7 Å². The summed E-state index contributed by atoms with van der Waals surface area (Å²) in [5.41, 5.74) is 0. The summed E-state index contributed by atoms with van der Waals surface area (Å²) >= 11 is 5.37. The summed E-state index contributed by atoms with van der Waals surface area (Å²) in [6, 6.07) is 0.249. The minimum Gasteiger partial charge on any atom is -0.324 e. The lowest BCUT2D eigenvalue weighted by atomic mass is 10.2. The molecule has 3 nitrogen and oxygen atoms in total. The van der Waals surface area contributed by atoms with Gasteiger partial charge in [-0.2, -0.15) is 0 Å². The molecule has 0 aromatic heterocycles. The number of carbonyl (C=O) groups excluding carboxylic acids is 1. The number of amides is 1. The van der Waals surface area contributed by atoms with Gasteiger partial charge in [0.15, 0.2) is 0 Å². The number of carbonyl (C=O) groups is 1. The van der Waals surface area contributed by atoms with Crippen LogP contribution in [-0.4, -0.2) is 47.9 Å². The van der Waals surface area contributed by atoms with Crippen molar-refractivity contribution in [1.29, 1.82) is 0 Å². The third-order valence-electron chi connectivity index (χ3n) is 2.06. The Morgan fingerprint density at radius 1 is 1.55 bits per heavy atom. The zero-order valence-electron chi connectivity index (χ0n) is 6.88. The molecule has 0 aromatic rings. The first-order valence-corrected chi connectivity index (χ1v) is 4.13. The topological polar surface area (TPSA) is 23.6 Å². The fraction of sp³-hybridized carbons (Fsp3) is 0.857. The van der Waals surface area contributed by atoms with E-state index in [2.05, 4.69) is 4.90 Å². The average molecular weight is 177 g/mol. The van der Waals surface area contributed by atoms with Gasteiger partial charge in [-0.3, -0.25) is 4.79 Å². The molecule has 0 bridgehead atoms. The molecule has 0 saturated carbocycles. The van der Waals surface area contributed by atoms with Gasteiger partial charge in [-0.15, -0.1) is 0 Å². The molecule has 1 aliphatic rings. The normalized spacial score (nSPS) is 27.2. The van der Waals surface area contributed by atoms with E-state index in [1.54, 1.807) is 4.90 Å². The van der Waals surface area contributed by atoms with Crippen molar-refractivity contribution in [2.24, 2.45) is 0 Å². The van der Waals surface area contributed by atoms with E-state index in [0.717, 1.165) is 19.6 Å². The maximum Gasteiger partial charge on any atom is 0.316 e. The maximum absolute atomic E-state index is 10.8. The van der Waals surface area contributed by atoms with E-state index in [4.69, 9.17) is 11.6 Å². The summed E-state index contributed by atoms with van der Waals surface area (Å²) in [5.74, 6) is 0. The molecule has 0 aliphatic carbocycles. The first-order valence-electron chi connectivity index (χ1n) is 3.76. The molecule has 64 valence electrons. The van der Waals surface area contributed by atoms with Gasteiger partial charge in [-0.25, -0.2) is 0 Å². The van der Waals surface area contributed by atoms with Gasteiger partial charge in [-0.1, -0.05) is 0 Å². The highest BCUT2D eigenvalue weighted by atomic mass is 35.5. The summed E-state index contributed by atoms with van der Waals surface area (Å²) < 4.78 is 0. The number of piperazine rings is 1. The van der Waals surface area contributed by atoms with E-state index in [1.165, 1.54) is 0 Å². The molecule has 1 atom stereocenters. The number of hydrogen-bond acceptors (Lipinski definition) is 2. The summed E-state index contributed by atoms with van der Waals surface area (Å²) in [7, 11) is 2.05. The molecule has 4 heteroatoms. The Labute approximate surface area is 71.9 Å². The van der Waals surface area contributed by atoms with Crippen LogP contribution < -0.4 is 0 Å². The van der Waals surface area contributed by atoms with Crippen molar-refractivity contribution < 1.29 is 4.79 Å². The Kier molecular flexibility index (Phi) is 2.73. The van der Waals surface area contributed by atoms with E-state index in [9.17, 15) is 4.79 Å². The van der Waals surface area contributed by atoms with Crippen LogP contribution in [0.3, 0.4) is 0 Å². The highest BCUT2D eigenvalue weighted by molar-refractivity contribution is 6.62. The lowest BCUT2D eigenvalue weighted by Crippen LogP contribution is -2.51. The Balaban J connectivity index is 2.50. The first-order chi connectivity index (χ1) is 5.11. The molecule has 1 fully saturated rings. The fourth-order valence-corrected chi connectivity index (χ4v) is 1.65. The molecule has 1 amide bonds. The van der Waals surface area contributed by atoms with E-state index >= 15 is 0 Å². The molecule has 11 heavy (non-hydrogen) atoms. The largest absolute Gasteiger partial charge is 0.324 e. The van der Waals surface area contributed by atoms with Gasteiger partial charge >= 0.3 is 5.37 Å². The smallest absolute Gasteiger partial charge is 0.316 e. The van der Waals surface area contributed by atoms with Crippen LogP contribution in [0.2, 0.25) is 0 Å². The Morgan fingerprint density at radius 2 is 2.18 bits per heavy atom. The van der Waals surface area contributed by atoms with Crippen molar-refractivity contribution in [1.82, 2.24) is 9.80 Å². The third kappa shape index (κ3) is 2.07. The number of rotatable bonds is 0. The average Bonchev–Trinajstić information content (AvgIpc) is 1.85. The van der Waals surface area contributed by atoms with Crippen LogP contribution in [0.5, 0.6) is 0 Å². The zero-order chi connectivity index (χ0) is 8.43. The van der Waals surface area contributed by atoms with Gasteiger partial charge in [0.05, 0.1) is 0 Å². The highest BCUT2D eigenvalue weighted by Gasteiger charge is 2.23. The second-order valence-corrected chi connectivity index (χ2v) is 3.38. The van der Waals surface area contributed by atoms with E-state index in [-0.39, 0.29) is 11.4 Å². The van der Waals surface area contributed by atoms with Crippen LogP contribution in [0.25, 0.3) is 0 Å². The molecular weight excluding hydrogens is 164 g/mol. The van der Waals surface area contributed by atoms with Crippen LogP contribution in [0.1, 0.15) is 6.92 Å². The van der Waals surface area contributed by atoms with Crippen molar-refractivity contribution in [3.8, 4) is 0 Å². The first kappa shape index (κ1) is 8.81. The number of hydrogen-bond donors (Lipinski definition) is 0. The molecule has 0 spiro atoms. The van der Waals surface area contributed by atoms with Gasteiger partial charge in [0.2, 0.25) is 0 Å². The predicted molar refractivity (Wildman–Crippen MR) is 44.9 cm³/mol. The zero-order valence-corrected chi connectivity index (χ0v) is 7.64. The quantitative estimate of drug-likeness (QED) is 0.406. The molecule has 1 saturated heterocycles. The Morgan fingerprint density at radius 3 is 2.64 bits per heavy atom. The van der Waals surface area contributed by atoms with Gasteiger partial charge in [0.25, 0.3) is 0 Å². The van der Waals surface area contributed by atoms with Crippen molar-refractivity contribution in [2.75, 3.05) is 26.7 Å². The molecule has 0 aromatic carbocycles. The van der Waals surface area contributed by atoms with Crippen molar-refractivity contribution >= 4 is 17.0 Å². The summed E-state index contributed by atoms with van der Waals surface area (Å²) in [6.45, 7) is 4.59. The SMILES string of the molecule is C[C@H]1CN(C)CCN1C(=O)Cl. The van der Waals surface area contributed by atoms with E-state index in [1.807, 2.05) is 14.0 Å².